The molecule has 0 unspecified atom stereocenters. The number of rotatable bonds is 4. The number of hydrogen-bond acceptors (Lipinski definition) is 5. The number of carbonyl (C=O) groups excluding carboxylic acids is 1. The zero-order chi connectivity index (χ0) is 18.7. The summed E-state index contributed by atoms with van der Waals surface area (Å²) in [5.41, 5.74) is 1.25. The lowest BCUT2D eigenvalue weighted by atomic mass is 9.91. The zero-order valence-corrected chi connectivity index (χ0v) is 16.1. The van der Waals surface area contributed by atoms with E-state index >= 15 is 0 Å². The third-order valence-electron chi connectivity index (χ3n) is 4.81. The van der Waals surface area contributed by atoms with Crippen LogP contribution < -0.4 is 4.74 Å². The lowest BCUT2D eigenvalue weighted by Crippen LogP contribution is -2.41. The van der Waals surface area contributed by atoms with Gasteiger partial charge in [-0.1, -0.05) is 11.2 Å². The number of likely N-dealkylation sites (tertiary alicyclic amines) is 1. The monoisotopic (exact) mass is 360 g/mol. The number of nitrogens with zero attached hydrogens (tertiary/aromatic N) is 2. The third-order valence-corrected chi connectivity index (χ3v) is 4.81. The van der Waals surface area contributed by atoms with Gasteiger partial charge in [-0.3, -0.25) is 0 Å². The van der Waals surface area contributed by atoms with Crippen LogP contribution in [0.3, 0.4) is 0 Å². The third kappa shape index (κ3) is 4.29. The van der Waals surface area contributed by atoms with Gasteiger partial charge in [-0.05, 0) is 64.5 Å². The van der Waals surface area contributed by atoms with Gasteiger partial charge in [0.2, 0.25) is 5.58 Å². The second kappa shape index (κ2) is 7.56. The average Bonchev–Trinajstić information content (AvgIpc) is 3.02. The van der Waals surface area contributed by atoms with Crippen LogP contribution in [0.25, 0.3) is 11.0 Å². The molecule has 3 rings (SSSR count). The fourth-order valence-corrected chi connectivity index (χ4v) is 3.40. The number of aryl methyl sites for hydroxylation is 1. The van der Waals surface area contributed by atoms with Crippen LogP contribution in [0.2, 0.25) is 0 Å². The summed E-state index contributed by atoms with van der Waals surface area (Å²) in [4.78, 5) is 14.0. The highest BCUT2D eigenvalue weighted by Crippen LogP contribution is 2.30. The number of amides is 1. The van der Waals surface area contributed by atoms with Crippen LogP contribution in [0.15, 0.2) is 22.7 Å². The summed E-state index contributed by atoms with van der Waals surface area (Å²) in [5.74, 6) is 1.30. The average molecular weight is 360 g/mol. The predicted octanol–water partition coefficient (Wildman–Crippen LogP) is 4.42. The molecule has 1 aliphatic heterocycles. The fourth-order valence-electron chi connectivity index (χ4n) is 3.40. The van der Waals surface area contributed by atoms with Crippen molar-refractivity contribution in [3.63, 3.8) is 0 Å². The number of hydrogen-bond donors (Lipinski definition) is 0. The number of aromatic nitrogens is 1. The Labute approximate surface area is 154 Å². The summed E-state index contributed by atoms with van der Waals surface area (Å²) in [6.45, 7) is 7.21. The molecule has 142 valence electrons. The molecule has 6 heteroatoms. The second-order valence-corrected chi connectivity index (χ2v) is 7.92. The molecule has 1 amide bonds. The van der Waals surface area contributed by atoms with Crippen LogP contribution >= 0.6 is 0 Å². The number of ether oxygens (including phenoxy) is 2. The molecular weight excluding hydrogens is 332 g/mol. The molecule has 26 heavy (non-hydrogen) atoms. The number of para-hydroxylation sites is 1. The van der Waals surface area contributed by atoms with Crippen molar-refractivity contribution in [3.05, 3.63) is 23.9 Å². The van der Waals surface area contributed by atoms with Crippen molar-refractivity contribution in [1.82, 2.24) is 10.1 Å². The molecule has 6 nitrogen and oxygen atoms in total. The maximum atomic E-state index is 12.1. The van der Waals surface area contributed by atoms with Crippen LogP contribution in [0, 0.1) is 5.92 Å². The van der Waals surface area contributed by atoms with Crippen LogP contribution in [0.4, 0.5) is 4.79 Å². The van der Waals surface area contributed by atoms with Crippen LogP contribution in [0.1, 0.15) is 45.7 Å². The lowest BCUT2D eigenvalue weighted by molar-refractivity contribution is 0.0181. The molecule has 2 heterocycles. The van der Waals surface area contributed by atoms with Crippen LogP contribution in [0.5, 0.6) is 5.75 Å². The lowest BCUT2D eigenvalue weighted by Gasteiger charge is -2.33. The summed E-state index contributed by atoms with van der Waals surface area (Å²) in [5, 5.41) is 5.26. The van der Waals surface area contributed by atoms with Gasteiger partial charge in [0, 0.05) is 18.5 Å². The Hall–Kier alpha value is -2.24. The van der Waals surface area contributed by atoms with Gasteiger partial charge in [0.15, 0.2) is 5.75 Å². The summed E-state index contributed by atoms with van der Waals surface area (Å²) in [6, 6.07) is 5.86. The first kappa shape index (κ1) is 18.5. The van der Waals surface area contributed by atoms with Gasteiger partial charge in [-0.15, -0.1) is 0 Å². The van der Waals surface area contributed by atoms with E-state index in [0.717, 1.165) is 49.9 Å². The van der Waals surface area contributed by atoms with E-state index in [4.69, 9.17) is 14.0 Å². The first-order valence-corrected chi connectivity index (χ1v) is 9.26. The first-order chi connectivity index (χ1) is 12.4. The predicted molar refractivity (Wildman–Crippen MR) is 99.4 cm³/mol. The highest BCUT2D eigenvalue weighted by Gasteiger charge is 2.27. The van der Waals surface area contributed by atoms with Crippen molar-refractivity contribution in [3.8, 4) is 5.75 Å². The molecule has 0 bridgehead atoms. The molecule has 1 aromatic carbocycles. The van der Waals surface area contributed by atoms with Gasteiger partial charge in [0.25, 0.3) is 0 Å². The Kier molecular flexibility index (Phi) is 5.39. The molecule has 0 N–H and O–H groups in total. The fraction of sp³-hybridized carbons (Fsp3) is 0.600. The minimum atomic E-state index is -0.441. The molecule has 0 radical (unpaired) electrons. The van der Waals surface area contributed by atoms with Crippen molar-refractivity contribution < 1.29 is 18.8 Å². The van der Waals surface area contributed by atoms with E-state index in [2.05, 4.69) is 5.16 Å². The van der Waals surface area contributed by atoms with E-state index in [-0.39, 0.29) is 6.09 Å². The van der Waals surface area contributed by atoms with Gasteiger partial charge < -0.3 is 18.9 Å². The second-order valence-electron chi connectivity index (χ2n) is 7.92. The van der Waals surface area contributed by atoms with Gasteiger partial charge in [-0.2, -0.15) is 0 Å². The Morgan fingerprint density at radius 1 is 1.31 bits per heavy atom. The van der Waals surface area contributed by atoms with Crippen molar-refractivity contribution in [2.75, 3.05) is 20.2 Å². The minimum Gasteiger partial charge on any atom is -0.493 e. The van der Waals surface area contributed by atoms with Gasteiger partial charge in [0.05, 0.1) is 12.8 Å². The Morgan fingerprint density at radius 3 is 2.69 bits per heavy atom. The minimum absolute atomic E-state index is 0.203. The molecule has 0 saturated carbocycles. The molecule has 2 aromatic rings. The molecule has 0 atom stereocenters. The van der Waals surface area contributed by atoms with E-state index in [1.54, 1.807) is 7.11 Å². The summed E-state index contributed by atoms with van der Waals surface area (Å²) < 4.78 is 16.2. The molecule has 1 aliphatic rings. The quantitative estimate of drug-likeness (QED) is 0.808. The number of methoxy groups -OCH3 is 1. The normalized spacial score (nSPS) is 16.1. The maximum Gasteiger partial charge on any atom is 0.410 e. The van der Waals surface area contributed by atoms with E-state index in [1.807, 2.05) is 43.9 Å². The van der Waals surface area contributed by atoms with Crippen molar-refractivity contribution in [2.45, 2.75) is 52.1 Å². The Bertz CT molecular complexity index is 755. The Balaban J connectivity index is 1.52. The molecular formula is C20H28N2O4. The van der Waals surface area contributed by atoms with Gasteiger partial charge in [0.1, 0.15) is 5.60 Å². The van der Waals surface area contributed by atoms with Gasteiger partial charge in [-0.25, -0.2) is 4.79 Å². The topological polar surface area (TPSA) is 64.8 Å². The van der Waals surface area contributed by atoms with Crippen molar-refractivity contribution in [2.24, 2.45) is 5.92 Å². The van der Waals surface area contributed by atoms with E-state index in [1.165, 1.54) is 0 Å². The van der Waals surface area contributed by atoms with Crippen LogP contribution in [-0.4, -0.2) is 42.0 Å². The standard InChI is InChI=1S/C20H28N2O4/c1-20(2,3)25-19(23)22-12-10-14(11-13-22)8-9-16-15-6-5-7-17(24-4)18(15)26-21-16/h5-7,14H,8-13H2,1-4H3. The number of piperidine rings is 1. The number of benzene rings is 1. The summed E-state index contributed by atoms with van der Waals surface area (Å²) >= 11 is 0. The number of carbonyl (C=O) groups is 1. The molecule has 1 saturated heterocycles. The molecule has 1 aromatic heterocycles. The van der Waals surface area contributed by atoms with Crippen molar-refractivity contribution >= 4 is 17.1 Å². The van der Waals surface area contributed by atoms with Crippen molar-refractivity contribution in [1.29, 1.82) is 0 Å². The van der Waals surface area contributed by atoms with E-state index in [0.29, 0.717) is 17.3 Å². The summed E-state index contributed by atoms with van der Waals surface area (Å²) in [6.07, 6.45) is 3.71. The molecule has 0 aliphatic carbocycles. The molecule has 0 spiro atoms. The van der Waals surface area contributed by atoms with Crippen LogP contribution in [-0.2, 0) is 11.2 Å². The zero-order valence-electron chi connectivity index (χ0n) is 16.1. The first-order valence-electron chi connectivity index (χ1n) is 9.26. The smallest absolute Gasteiger partial charge is 0.410 e. The summed E-state index contributed by atoms with van der Waals surface area (Å²) in [7, 11) is 1.63. The van der Waals surface area contributed by atoms with E-state index in [9.17, 15) is 4.79 Å². The highest BCUT2D eigenvalue weighted by molar-refractivity contribution is 5.84. The van der Waals surface area contributed by atoms with E-state index < -0.39 is 5.60 Å². The highest BCUT2D eigenvalue weighted by atomic mass is 16.6. The maximum absolute atomic E-state index is 12.1. The molecule has 1 fully saturated rings. The van der Waals surface area contributed by atoms with Gasteiger partial charge >= 0.3 is 6.09 Å². The SMILES string of the molecule is COc1cccc2c(CCC3CCN(C(=O)OC(C)(C)C)CC3)noc12. The number of fused-ring (bicyclic) bond motifs is 1. The Morgan fingerprint density at radius 2 is 2.04 bits per heavy atom. The largest absolute Gasteiger partial charge is 0.493 e.